The lowest BCUT2D eigenvalue weighted by atomic mass is 10.3. The van der Waals surface area contributed by atoms with Gasteiger partial charge in [0.1, 0.15) is 0 Å². The quantitative estimate of drug-likeness (QED) is 0.747. The molecule has 82 valence electrons. The molecule has 0 saturated heterocycles. The number of aromatic nitrogens is 3. The second-order valence-electron chi connectivity index (χ2n) is 3.18. The van der Waals surface area contributed by atoms with Crippen molar-refractivity contribution in [2.75, 3.05) is 5.73 Å². The Kier molecular flexibility index (Phi) is 2.55. The smallest absolute Gasteiger partial charge is 0.346 e. The minimum absolute atomic E-state index is 0.175. The summed E-state index contributed by atoms with van der Waals surface area (Å²) in [5.74, 6) is -0.0472. The minimum atomic E-state index is -0.508. The fourth-order valence-corrected chi connectivity index (χ4v) is 1.14. The maximum absolute atomic E-state index is 11.6. The lowest BCUT2D eigenvalue weighted by Crippen LogP contribution is -2.08. The zero-order valence-corrected chi connectivity index (χ0v) is 8.62. The van der Waals surface area contributed by atoms with Gasteiger partial charge in [-0.05, 0) is 12.1 Å². The second-order valence-corrected chi connectivity index (χ2v) is 3.18. The molecule has 0 aliphatic heterocycles. The Bertz CT molecular complexity index is 487. The van der Waals surface area contributed by atoms with E-state index in [0.29, 0.717) is 5.56 Å². The van der Waals surface area contributed by atoms with Crippen molar-refractivity contribution < 1.29 is 9.53 Å². The van der Waals surface area contributed by atoms with Gasteiger partial charge in [0.25, 0.3) is 0 Å². The van der Waals surface area contributed by atoms with Gasteiger partial charge in [-0.15, -0.1) is 0 Å². The molecule has 0 aliphatic carbocycles. The van der Waals surface area contributed by atoms with Gasteiger partial charge >= 0.3 is 5.97 Å². The minimum Gasteiger partial charge on any atom is -0.402 e. The number of rotatable bonds is 2. The van der Waals surface area contributed by atoms with E-state index in [9.17, 15) is 4.79 Å². The van der Waals surface area contributed by atoms with Gasteiger partial charge in [-0.25, -0.2) is 4.79 Å². The van der Waals surface area contributed by atoms with Crippen LogP contribution in [0.2, 0.25) is 0 Å². The molecule has 2 N–H and O–H groups in total. The van der Waals surface area contributed by atoms with Crippen molar-refractivity contribution in [3.05, 3.63) is 36.3 Å². The SMILES string of the molecule is Cn1cc(OC(=O)c2cccnc2)nc1N. The van der Waals surface area contributed by atoms with Crippen LogP contribution in [0.4, 0.5) is 5.95 Å². The molecule has 6 heteroatoms. The fraction of sp³-hybridized carbons (Fsp3) is 0.100. The maximum atomic E-state index is 11.6. The standard InChI is InChI=1S/C10H10N4O2/c1-14-6-8(13-10(14)11)16-9(15)7-3-2-4-12-5-7/h2-6H,1H3,(H2,11,13). The molecule has 2 rings (SSSR count). The van der Waals surface area contributed by atoms with Crippen LogP contribution < -0.4 is 10.5 Å². The Morgan fingerprint density at radius 1 is 1.56 bits per heavy atom. The highest BCUT2D eigenvalue weighted by atomic mass is 16.5. The van der Waals surface area contributed by atoms with Crippen molar-refractivity contribution in [2.24, 2.45) is 7.05 Å². The molecule has 0 aliphatic rings. The van der Waals surface area contributed by atoms with Gasteiger partial charge in [0.15, 0.2) is 0 Å². The maximum Gasteiger partial charge on any atom is 0.346 e. The Labute approximate surface area is 91.7 Å². The Morgan fingerprint density at radius 2 is 2.38 bits per heavy atom. The molecule has 0 bridgehead atoms. The van der Waals surface area contributed by atoms with Crippen molar-refractivity contribution in [1.29, 1.82) is 0 Å². The zero-order chi connectivity index (χ0) is 11.5. The van der Waals surface area contributed by atoms with Crippen LogP contribution in [0.15, 0.2) is 30.7 Å². The summed E-state index contributed by atoms with van der Waals surface area (Å²) >= 11 is 0. The average molecular weight is 218 g/mol. The third-order valence-corrected chi connectivity index (χ3v) is 1.98. The molecule has 0 radical (unpaired) electrons. The molecule has 16 heavy (non-hydrogen) atoms. The highest BCUT2D eigenvalue weighted by Crippen LogP contribution is 2.12. The van der Waals surface area contributed by atoms with Crippen molar-refractivity contribution in [2.45, 2.75) is 0 Å². The first-order valence-corrected chi connectivity index (χ1v) is 4.58. The normalized spacial score (nSPS) is 10.1. The number of carbonyl (C=O) groups is 1. The second kappa shape index (κ2) is 4.01. The van der Waals surface area contributed by atoms with Gasteiger partial charge in [-0.2, -0.15) is 4.98 Å². The molecule has 0 amide bonds. The van der Waals surface area contributed by atoms with Gasteiger partial charge in [0.05, 0.1) is 11.8 Å². The topological polar surface area (TPSA) is 83.0 Å². The van der Waals surface area contributed by atoms with Crippen LogP contribution in [0.25, 0.3) is 0 Å². The summed E-state index contributed by atoms with van der Waals surface area (Å²) in [5, 5.41) is 0. The number of nitrogens with two attached hydrogens (primary N) is 1. The van der Waals surface area contributed by atoms with E-state index >= 15 is 0 Å². The van der Waals surface area contributed by atoms with Crippen LogP contribution in [0.1, 0.15) is 10.4 Å². The molecule has 0 saturated carbocycles. The summed E-state index contributed by atoms with van der Waals surface area (Å²) in [6.07, 6.45) is 4.54. The lowest BCUT2D eigenvalue weighted by molar-refractivity contribution is 0.0728. The molecule has 2 aromatic rings. The number of hydrogen-bond donors (Lipinski definition) is 1. The van der Waals surface area contributed by atoms with E-state index in [0.717, 1.165) is 0 Å². The summed E-state index contributed by atoms with van der Waals surface area (Å²) in [6.45, 7) is 0. The molecular weight excluding hydrogens is 208 g/mol. The van der Waals surface area contributed by atoms with Crippen molar-refractivity contribution in [3.8, 4) is 5.88 Å². The number of anilines is 1. The number of pyridine rings is 1. The summed E-state index contributed by atoms with van der Waals surface area (Å²) < 4.78 is 6.57. The Hall–Kier alpha value is -2.37. The fourth-order valence-electron chi connectivity index (χ4n) is 1.14. The molecule has 2 heterocycles. The molecule has 2 aromatic heterocycles. The summed E-state index contributed by atoms with van der Waals surface area (Å²) in [6, 6.07) is 3.27. The van der Waals surface area contributed by atoms with Crippen LogP contribution in [0, 0.1) is 0 Å². The third kappa shape index (κ3) is 2.00. The Balaban J connectivity index is 2.14. The predicted octanol–water partition coefficient (Wildman–Crippen LogP) is 0.616. The molecule has 0 spiro atoms. The number of carbonyl (C=O) groups excluding carboxylic acids is 1. The van der Waals surface area contributed by atoms with E-state index in [-0.39, 0.29) is 11.8 Å². The van der Waals surface area contributed by atoms with Gasteiger partial charge in [0.2, 0.25) is 11.8 Å². The van der Waals surface area contributed by atoms with Gasteiger partial charge in [0, 0.05) is 19.4 Å². The predicted molar refractivity (Wildman–Crippen MR) is 56.8 cm³/mol. The van der Waals surface area contributed by atoms with Crippen LogP contribution in [-0.2, 0) is 7.05 Å². The Morgan fingerprint density at radius 3 is 2.94 bits per heavy atom. The van der Waals surface area contributed by atoms with E-state index in [1.165, 1.54) is 12.4 Å². The van der Waals surface area contributed by atoms with E-state index in [1.807, 2.05) is 0 Å². The monoisotopic (exact) mass is 218 g/mol. The first-order chi connectivity index (χ1) is 7.66. The van der Waals surface area contributed by atoms with Gasteiger partial charge < -0.3 is 15.0 Å². The van der Waals surface area contributed by atoms with Crippen LogP contribution in [0.3, 0.4) is 0 Å². The van der Waals surface area contributed by atoms with E-state index in [1.54, 1.807) is 29.9 Å². The number of nitrogens with zero attached hydrogens (tertiary/aromatic N) is 3. The van der Waals surface area contributed by atoms with Crippen LogP contribution >= 0.6 is 0 Å². The molecule has 0 fully saturated rings. The van der Waals surface area contributed by atoms with E-state index < -0.39 is 5.97 Å². The first kappa shape index (κ1) is 10.2. The number of imidazole rings is 1. The van der Waals surface area contributed by atoms with Crippen LogP contribution in [-0.4, -0.2) is 20.5 Å². The number of aryl methyl sites for hydroxylation is 1. The summed E-state index contributed by atoms with van der Waals surface area (Å²) in [4.78, 5) is 19.3. The number of hydrogen-bond acceptors (Lipinski definition) is 5. The highest BCUT2D eigenvalue weighted by molar-refractivity contribution is 5.90. The highest BCUT2D eigenvalue weighted by Gasteiger charge is 2.11. The largest absolute Gasteiger partial charge is 0.402 e. The molecule has 0 atom stereocenters. The first-order valence-electron chi connectivity index (χ1n) is 4.58. The van der Waals surface area contributed by atoms with E-state index in [2.05, 4.69) is 9.97 Å². The molecular formula is C10H10N4O2. The third-order valence-electron chi connectivity index (χ3n) is 1.98. The van der Waals surface area contributed by atoms with E-state index in [4.69, 9.17) is 10.5 Å². The molecule has 6 nitrogen and oxygen atoms in total. The average Bonchev–Trinajstić information content (AvgIpc) is 2.59. The molecule has 0 aromatic carbocycles. The number of ether oxygens (including phenoxy) is 1. The number of esters is 1. The van der Waals surface area contributed by atoms with Crippen molar-refractivity contribution in [3.63, 3.8) is 0 Å². The summed E-state index contributed by atoms with van der Waals surface area (Å²) in [7, 11) is 1.71. The zero-order valence-electron chi connectivity index (χ0n) is 8.62. The van der Waals surface area contributed by atoms with Gasteiger partial charge in [-0.3, -0.25) is 4.98 Å². The summed E-state index contributed by atoms with van der Waals surface area (Å²) in [5.41, 5.74) is 5.87. The lowest BCUT2D eigenvalue weighted by Gasteiger charge is -1.98. The molecule has 0 unspecified atom stereocenters. The van der Waals surface area contributed by atoms with Crippen molar-refractivity contribution >= 4 is 11.9 Å². The van der Waals surface area contributed by atoms with Gasteiger partial charge in [-0.1, -0.05) is 0 Å². The number of nitrogen functional groups attached to an aromatic ring is 1. The van der Waals surface area contributed by atoms with Crippen LogP contribution in [0.5, 0.6) is 5.88 Å². The van der Waals surface area contributed by atoms with Crippen molar-refractivity contribution in [1.82, 2.24) is 14.5 Å².